The molecule has 3 aromatic rings. The summed E-state index contributed by atoms with van der Waals surface area (Å²) in [6.45, 7) is 4.43. The van der Waals surface area contributed by atoms with Crippen LogP contribution in [0.15, 0.2) is 36.8 Å². The summed E-state index contributed by atoms with van der Waals surface area (Å²) in [4.78, 5) is 20.7. The molecule has 0 saturated heterocycles. The van der Waals surface area contributed by atoms with Crippen LogP contribution in [0.25, 0.3) is 11.3 Å². The van der Waals surface area contributed by atoms with Crippen LogP contribution in [0, 0.1) is 13.8 Å². The first-order chi connectivity index (χ1) is 13.6. The molecule has 28 heavy (non-hydrogen) atoms. The summed E-state index contributed by atoms with van der Waals surface area (Å²) in [6.07, 6.45) is 6.94. The van der Waals surface area contributed by atoms with Crippen molar-refractivity contribution in [3.05, 3.63) is 59.3 Å². The van der Waals surface area contributed by atoms with E-state index in [0.29, 0.717) is 19.4 Å². The first-order valence-corrected chi connectivity index (χ1v) is 9.43. The second kappa shape index (κ2) is 7.80. The fourth-order valence-corrected chi connectivity index (χ4v) is 3.54. The molecule has 3 heterocycles. The number of carbonyl (C=O) groups excluding carboxylic acids is 1. The molecule has 0 saturated carbocycles. The van der Waals surface area contributed by atoms with Crippen LogP contribution in [0.4, 0.5) is 0 Å². The number of aromatic amines is 1. The molecule has 2 N–H and O–H groups in total. The highest BCUT2D eigenvalue weighted by molar-refractivity contribution is 5.76. The molecule has 0 fully saturated rings. The van der Waals surface area contributed by atoms with Crippen molar-refractivity contribution in [2.24, 2.45) is 0 Å². The van der Waals surface area contributed by atoms with E-state index in [-0.39, 0.29) is 12.0 Å². The molecular formula is C21H23N5O2. The number of nitrogens with zero attached hydrogens (tertiary/aromatic N) is 3. The molecule has 1 aliphatic heterocycles. The van der Waals surface area contributed by atoms with Gasteiger partial charge in [-0.3, -0.25) is 19.9 Å². The lowest BCUT2D eigenvalue weighted by Gasteiger charge is -2.12. The molecular weight excluding hydrogens is 354 g/mol. The van der Waals surface area contributed by atoms with Gasteiger partial charge in [0.1, 0.15) is 11.9 Å². The zero-order valence-electron chi connectivity index (χ0n) is 16.0. The minimum absolute atomic E-state index is 0.0276. The normalized spacial score (nSPS) is 15.1. The summed E-state index contributed by atoms with van der Waals surface area (Å²) in [6, 6.07) is 6.04. The Morgan fingerprint density at radius 2 is 2.21 bits per heavy atom. The fourth-order valence-electron chi connectivity index (χ4n) is 3.54. The van der Waals surface area contributed by atoms with Gasteiger partial charge in [-0.05, 0) is 49.6 Å². The van der Waals surface area contributed by atoms with E-state index in [9.17, 15) is 4.79 Å². The van der Waals surface area contributed by atoms with Crippen LogP contribution in [-0.2, 0) is 17.6 Å². The number of amides is 1. The zero-order valence-corrected chi connectivity index (χ0v) is 16.0. The molecule has 7 nitrogen and oxygen atoms in total. The van der Waals surface area contributed by atoms with E-state index in [1.54, 1.807) is 18.6 Å². The van der Waals surface area contributed by atoms with Gasteiger partial charge in [-0.25, -0.2) is 0 Å². The summed E-state index contributed by atoms with van der Waals surface area (Å²) in [7, 11) is 0. The number of carbonyl (C=O) groups is 1. The second-order valence-electron chi connectivity index (χ2n) is 7.07. The number of hydrogen-bond acceptors (Lipinski definition) is 5. The van der Waals surface area contributed by atoms with Gasteiger partial charge in [0.2, 0.25) is 5.91 Å². The van der Waals surface area contributed by atoms with Gasteiger partial charge >= 0.3 is 0 Å². The average Bonchev–Trinajstić information content (AvgIpc) is 3.27. The summed E-state index contributed by atoms with van der Waals surface area (Å²) >= 11 is 0. The third-order valence-corrected chi connectivity index (χ3v) is 5.07. The standard InChI is InChI=1S/C21H23N5O2/c1-13-18(14(2)26-25-13)4-6-21(27)24-11-17-10-16-9-15(3-5-20(16)28-17)19-12-22-7-8-23-19/h3,5,7-9,12,17H,4,6,10-11H2,1-2H3,(H,24,27)(H,25,26). The van der Waals surface area contributed by atoms with E-state index in [4.69, 9.17) is 4.74 Å². The van der Waals surface area contributed by atoms with E-state index in [1.165, 1.54) is 0 Å². The van der Waals surface area contributed by atoms with Crippen molar-refractivity contribution < 1.29 is 9.53 Å². The van der Waals surface area contributed by atoms with Crippen molar-refractivity contribution >= 4 is 5.91 Å². The molecule has 1 aromatic carbocycles. The van der Waals surface area contributed by atoms with Gasteiger partial charge in [0.15, 0.2) is 0 Å². The highest BCUT2D eigenvalue weighted by atomic mass is 16.5. The monoisotopic (exact) mass is 377 g/mol. The Morgan fingerprint density at radius 1 is 1.32 bits per heavy atom. The van der Waals surface area contributed by atoms with Crippen LogP contribution in [0.2, 0.25) is 0 Å². The lowest BCUT2D eigenvalue weighted by Crippen LogP contribution is -2.34. The number of rotatable bonds is 6. The molecule has 0 bridgehead atoms. The predicted molar refractivity (Wildman–Crippen MR) is 105 cm³/mol. The average molecular weight is 377 g/mol. The molecule has 1 unspecified atom stereocenters. The number of H-pyrrole nitrogens is 1. The van der Waals surface area contributed by atoms with Crippen molar-refractivity contribution in [3.63, 3.8) is 0 Å². The van der Waals surface area contributed by atoms with Crippen molar-refractivity contribution in [1.82, 2.24) is 25.5 Å². The van der Waals surface area contributed by atoms with Gasteiger partial charge in [-0.2, -0.15) is 5.10 Å². The molecule has 2 aromatic heterocycles. The van der Waals surface area contributed by atoms with E-state index in [2.05, 4.69) is 31.5 Å². The van der Waals surface area contributed by atoms with Crippen LogP contribution in [-0.4, -0.2) is 38.7 Å². The van der Waals surface area contributed by atoms with E-state index in [1.807, 2.05) is 26.0 Å². The molecule has 144 valence electrons. The minimum atomic E-state index is -0.0477. The number of nitrogens with one attached hydrogen (secondary N) is 2. The maximum Gasteiger partial charge on any atom is 0.220 e. The van der Waals surface area contributed by atoms with Crippen molar-refractivity contribution in [2.75, 3.05) is 6.54 Å². The quantitative estimate of drug-likeness (QED) is 0.689. The Balaban J connectivity index is 1.30. The van der Waals surface area contributed by atoms with Gasteiger partial charge in [0.25, 0.3) is 0 Å². The van der Waals surface area contributed by atoms with Crippen LogP contribution < -0.4 is 10.1 Å². The fraction of sp³-hybridized carbons (Fsp3) is 0.333. The first-order valence-electron chi connectivity index (χ1n) is 9.43. The van der Waals surface area contributed by atoms with Gasteiger partial charge in [0.05, 0.1) is 24.1 Å². The molecule has 0 aliphatic carbocycles. The van der Waals surface area contributed by atoms with Gasteiger partial charge < -0.3 is 10.1 Å². The highest BCUT2D eigenvalue weighted by Crippen LogP contribution is 2.32. The Hall–Kier alpha value is -3.22. The minimum Gasteiger partial charge on any atom is -0.488 e. The molecule has 4 rings (SSSR count). The van der Waals surface area contributed by atoms with Crippen LogP contribution in [0.3, 0.4) is 0 Å². The van der Waals surface area contributed by atoms with E-state index < -0.39 is 0 Å². The van der Waals surface area contributed by atoms with Crippen molar-refractivity contribution in [3.8, 4) is 17.0 Å². The Morgan fingerprint density at radius 3 is 2.96 bits per heavy atom. The van der Waals surface area contributed by atoms with E-state index >= 15 is 0 Å². The van der Waals surface area contributed by atoms with Gasteiger partial charge in [-0.1, -0.05) is 0 Å². The molecule has 7 heteroatoms. The smallest absolute Gasteiger partial charge is 0.220 e. The number of benzene rings is 1. The van der Waals surface area contributed by atoms with Crippen LogP contribution in [0.5, 0.6) is 5.75 Å². The summed E-state index contributed by atoms with van der Waals surface area (Å²) in [5.74, 6) is 0.899. The summed E-state index contributed by atoms with van der Waals surface area (Å²) in [5.41, 5.74) is 6.10. The Labute approximate surface area is 163 Å². The third-order valence-electron chi connectivity index (χ3n) is 5.07. The molecule has 0 radical (unpaired) electrons. The second-order valence-corrected chi connectivity index (χ2v) is 7.07. The maximum atomic E-state index is 12.2. The maximum absolute atomic E-state index is 12.2. The SMILES string of the molecule is Cc1n[nH]c(C)c1CCC(=O)NCC1Cc2cc(-c3cnccn3)ccc2O1. The number of fused-ring (bicyclic) bond motifs is 1. The van der Waals surface area contributed by atoms with Crippen molar-refractivity contribution in [1.29, 1.82) is 0 Å². The third kappa shape index (κ3) is 3.88. The molecule has 1 atom stereocenters. The number of aryl methyl sites for hydroxylation is 2. The van der Waals surface area contributed by atoms with E-state index in [0.717, 1.165) is 45.9 Å². The molecule has 1 amide bonds. The number of aromatic nitrogens is 4. The Kier molecular flexibility index (Phi) is 5.06. The topological polar surface area (TPSA) is 92.8 Å². The molecule has 1 aliphatic rings. The van der Waals surface area contributed by atoms with Crippen molar-refractivity contribution in [2.45, 2.75) is 39.2 Å². The summed E-state index contributed by atoms with van der Waals surface area (Å²) < 4.78 is 5.97. The first kappa shape index (κ1) is 18.2. The number of ether oxygens (including phenoxy) is 1. The predicted octanol–water partition coefficient (Wildman–Crippen LogP) is 2.54. The van der Waals surface area contributed by atoms with Gasteiger partial charge in [-0.15, -0.1) is 0 Å². The lowest BCUT2D eigenvalue weighted by atomic mass is 10.0. The lowest BCUT2D eigenvalue weighted by molar-refractivity contribution is -0.121. The summed E-state index contributed by atoms with van der Waals surface area (Å²) in [5, 5.41) is 10.1. The number of hydrogen-bond donors (Lipinski definition) is 2. The Bertz CT molecular complexity index is 964. The van der Waals surface area contributed by atoms with Crippen LogP contribution in [0.1, 0.15) is 28.9 Å². The zero-order chi connectivity index (χ0) is 19.5. The highest BCUT2D eigenvalue weighted by Gasteiger charge is 2.24. The molecule has 0 spiro atoms. The largest absolute Gasteiger partial charge is 0.488 e. The van der Waals surface area contributed by atoms with Crippen LogP contribution >= 0.6 is 0 Å². The van der Waals surface area contributed by atoms with Gasteiger partial charge in [0, 0.05) is 36.5 Å².